The van der Waals surface area contributed by atoms with E-state index in [4.69, 9.17) is 4.74 Å². The second kappa shape index (κ2) is 9.78. The minimum Gasteiger partial charge on any atom is -0.484 e. The molecule has 9 heteroatoms. The Labute approximate surface area is 193 Å². The van der Waals surface area contributed by atoms with Crippen molar-refractivity contribution in [2.75, 3.05) is 16.8 Å². The standard InChI is InChI=1S/C25H18FN3O5/c26-17-9-11-18(12-10-17)27-22(30)15-34-20-8-4-5-16(13-20)14-21-23(31)28-25(33)29(24(21)32)19-6-2-1-3-7-19/h1-14H,15H2,(H,27,30)(H,28,31,33)/b21-14-. The van der Waals surface area contributed by atoms with Gasteiger partial charge in [0.1, 0.15) is 17.1 Å². The number of hydrogen-bond donors (Lipinski definition) is 2. The number of rotatable bonds is 6. The number of para-hydroxylation sites is 1. The van der Waals surface area contributed by atoms with Crippen molar-refractivity contribution in [3.05, 3.63) is 95.8 Å². The molecule has 3 aromatic carbocycles. The molecule has 170 valence electrons. The van der Waals surface area contributed by atoms with Crippen molar-refractivity contribution >= 4 is 41.2 Å². The van der Waals surface area contributed by atoms with Gasteiger partial charge in [-0.25, -0.2) is 14.1 Å². The fourth-order valence-electron chi connectivity index (χ4n) is 3.21. The van der Waals surface area contributed by atoms with Crippen LogP contribution in [0, 0.1) is 5.82 Å². The first-order chi connectivity index (χ1) is 16.4. The lowest BCUT2D eigenvalue weighted by Gasteiger charge is -2.26. The number of imide groups is 2. The third-order valence-corrected chi connectivity index (χ3v) is 4.78. The predicted octanol–water partition coefficient (Wildman–Crippen LogP) is 3.51. The van der Waals surface area contributed by atoms with Crippen molar-refractivity contribution in [2.45, 2.75) is 0 Å². The molecule has 0 radical (unpaired) electrons. The molecule has 34 heavy (non-hydrogen) atoms. The molecule has 0 bridgehead atoms. The lowest BCUT2D eigenvalue weighted by atomic mass is 10.1. The third-order valence-electron chi connectivity index (χ3n) is 4.78. The molecule has 0 atom stereocenters. The Morgan fingerprint density at radius 3 is 2.44 bits per heavy atom. The molecule has 5 amide bonds. The number of anilines is 2. The number of urea groups is 1. The Kier molecular flexibility index (Phi) is 6.45. The quantitative estimate of drug-likeness (QED) is 0.434. The van der Waals surface area contributed by atoms with Gasteiger partial charge in [0, 0.05) is 5.69 Å². The van der Waals surface area contributed by atoms with Gasteiger partial charge < -0.3 is 10.1 Å². The van der Waals surface area contributed by atoms with Crippen molar-refractivity contribution in [1.29, 1.82) is 0 Å². The highest BCUT2D eigenvalue weighted by atomic mass is 19.1. The van der Waals surface area contributed by atoms with Gasteiger partial charge in [0.2, 0.25) is 0 Å². The number of carbonyl (C=O) groups excluding carboxylic acids is 4. The minimum atomic E-state index is -0.831. The van der Waals surface area contributed by atoms with Crippen molar-refractivity contribution in [3.63, 3.8) is 0 Å². The highest BCUT2D eigenvalue weighted by molar-refractivity contribution is 6.39. The van der Waals surface area contributed by atoms with E-state index in [1.165, 1.54) is 30.3 Å². The third kappa shape index (κ3) is 5.16. The van der Waals surface area contributed by atoms with E-state index in [-0.39, 0.29) is 12.2 Å². The maximum atomic E-state index is 13.0. The van der Waals surface area contributed by atoms with Crippen molar-refractivity contribution < 1.29 is 28.3 Å². The zero-order valence-electron chi connectivity index (χ0n) is 17.7. The van der Waals surface area contributed by atoms with Gasteiger partial charge in [-0.05, 0) is 60.2 Å². The van der Waals surface area contributed by atoms with E-state index >= 15 is 0 Å². The number of barbiturate groups is 1. The van der Waals surface area contributed by atoms with Gasteiger partial charge in [0.05, 0.1) is 5.69 Å². The summed E-state index contributed by atoms with van der Waals surface area (Å²) in [6.45, 7) is -0.312. The van der Waals surface area contributed by atoms with Crippen LogP contribution in [0.25, 0.3) is 6.08 Å². The minimum absolute atomic E-state index is 0.227. The molecule has 4 rings (SSSR count). The number of ether oxygens (including phenoxy) is 1. The highest BCUT2D eigenvalue weighted by Crippen LogP contribution is 2.23. The molecule has 8 nitrogen and oxygen atoms in total. The van der Waals surface area contributed by atoms with Crippen LogP contribution < -0.4 is 20.3 Å². The van der Waals surface area contributed by atoms with E-state index < -0.39 is 29.6 Å². The van der Waals surface area contributed by atoms with Gasteiger partial charge in [-0.15, -0.1) is 0 Å². The van der Waals surface area contributed by atoms with Crippen LogP contribution in [0.15, 0.2) is 84.4 Å². The van der Waals surface area contributed by atoms with Crippen LogP contribution in [0.4, 0.5) is 20.6 Å². The van der Waals surface area contributed by atoms with Crippen LogP contribution in [0.2, 0.25) is 0 Å². The first-order valence-corrected chi connectivity index (χ1v) is 10.2. The van der Waals surface area contributed by atoms with E-state index in [0.29, 0.717) is 22.7 Å². The summed E-state index contributed by atoms with van der Waals surface area (Å²) in [5.74, 6) is -2.11. The molecule has 1 aliphatic heterocycles. The number of nitrogens with zero attached hydrogens (tertiary/aromatic N) is 1. The molecule has 1 fully saturated rings. The van der Waals surface area contributed by atoms with E-state index in [0.717, 1.165) is 4.90 Å². The number of halogens is 1. The Morgan fingerprint density at radius 2 is 1.71 bits per heavy atom. The van der Waals surface area contributed by atoms with Crippen LogP contribution in [0.1, 0.15) is 5.56 Å². The highest BCUT2D eigenvalue weighted by Gasteiger charge is 2.36. The maximum absolute atomic E-state index is 13.0. The van der Waals surface area contributed by atoms with Gasteiger partial charge in [-0.1, -0.05) is 30.3 Å². The van der Waals surface area contributed by atoms with Gasteiger partial charge in [0.15, 0.2) is 6.61 Å². The van der Waals surface area contributed by atoms with Crippen molar-refractivity contribution in [3.8, 4) is 5.75 Å². The fourth-order valence-corrected chi connectivity index (χ4v) is 3.21. The average molecular weight is 459 g/mol. The topological polar surface area (TPSA) is 105 Å². The molecular weight excluding hydrogens is 441 g/mol. The zero-order valence-corrected chi connectivity index (χ0v) is 17.7. The number of amides is 5. The summed E-state index contributed by atoms with van der Waals surface area (Å²) >= 11 is 0. The zero-order chi connectivity index (χ0) is 24.1. The van der Waals surface area contributed by atoms with Crippen LogP contribution >= 0.6 is 0 Å². The molecule has 3 aromatic rings. The maximum Gasteiger partial charge on any atom is 0.335 e. The van der Waals surface area contributed by atoms with Gasteiger partial charge >= 0.3 is 6.03 Å². The summed E-state index contributed by atoms with van der Waals surface area (Å²) in [5, 5.41) is 4.74. The smallest absolute Gasteiger partial charge is 0.335 e. The number of nitrogens with one attached hydrogen (secondary N) is 2. The Morgan fingerprint density at radius 1 is 0.971 bits per heavy atom. The molecule has 0 saturated carbocycles. The largest absolute Gasteiger partial charge is 0.484 e. The SMILES string of the molecule is O=C(COc1cccc(/C=C2/C(=O)NC(=O)N(c3ccccc3)C2=O)c1)Nc1ccc(F)cc1. The predicted molar refractivity (Wildman–Crippen MR) is 122 cm³/mol. The van der Waals surface area contributed by atoms with Crippen molar-refractivity contribution in [1.82, 2.24) is 5.32 Å². The number of benzene rings is 3. The van der Waals surface area contributed by atoms with Crippen LogP contribution in [0.5, 0.6) is 5.75 Å². The molecule has 1 heterocycles. The molecule has 1 saturated heterocycles. The van der Waals surface area contributed by atoms with E-state index in [1.807, 2.05) is 0 Å². The Hall–Kier alpha value is -4.79. The van der Waals surface area contributed by atoms with E-state index in [2.05, 4.69) is 10.6 Å². The monoisotopic (exact) mass is 459 g/mol. The van der Waals surface area contributed by atoms with Gasteiger partial charge in [-0.3, -0.25) is 19.7 Å². The van der Waals surface area contributed by atoms with Gasteiger partial charge in [0.25, 0.3) is 17.7 Å². The number of hydrogen-bond acceptors (Lipinski definition) is 5. The lowest BCUT2D eigenvalue weighted by Crippen LogP contribution is -2.54. The summed E-state index contributed by atoms with van der Waals surface area (Å²) in [4.78, 5) is 50.4. The first-order valence-electron chi connectivity index (χ1n) is 10.2. The second-order valence-corrected chi connectivity index (χ2v) is 7.21. The summed E-state index contributed by atoms with van der Waals surface area (Å²) in [6.07, 6.45) is 1.34. The Bertz CT molecular complexity index is 1290. The fraction of sp³-hybridized carbons (Fsp3) is 0.0400. The number of carbonyl (C=O) groups is 4. The Balaban J connectivity index is 1.47. The lowest BCUT2D eigenvalue weighted by molar-refractivity contribution is -0.122. The van der Waals surface area contributed by atoms with Crippen LogP contribution in [-0.2, 0) is 14.4 Å². The second-order valence-electron chi connectivity index (χ2n) is 7.21. The van der Waals surface area contributed by atoms with Crippen molar-refractivity contribution in [2.24, 2.45) is 0 Å². The van der Waals surface area contributed by atoms with E-state index in [1.54, 1.807) is 54.6 Å². The van der Waals surface area contributed by atoms with Crippen LogP contribution in [0.3, 0.4) is 0 Å². The molecule has 0 unspecified atom stereocenters. The molecule has 0 spiro atoms. The molecule has 2 N–H and O–H groups in total. The summed E-state index contributed by atoms with van der Waals surface area (Å²) < 4.78 is 18.5. The normalized spacial score (nSPS) is 14.7. The molecule has 1 aliphatic rings. The van der Waals surface area contributed by atoms with Gasteiger partial charge in [-0.2, -0.15) is 0 Å². The van der Waals surface area contributed by atoms with E-state index in [9.17, 15) is 23.6 Å². The average Bonchev–Trinajstić information content (AvgIpc) is 2.83. The summed E-state index contributed by atoms with van der Waals surface area (Å²) in [7, 11) is 0. The molecule has 0 aliphatic carbocycles. The van der Waals surface area contributed by atoms with Crippen LogP contribution in [-0.4, -0.2) is 30.4 Å². The summed E-state index contributed by atoms with van der Waals surface area (Å²) in [5.41, 5.74) is 0.979. The first kappa shape index (κ1) is 22.4. The molecular formula is C25H18FN3O5. The summed E-state index contributed by atoms with van der Waals surface area (Å²) in [6, 6.07) is 19.1. The molecule has 0 aromatic heterocycles.